The molecule has 4 nitrogen and oxygen atoms in total. The van der Waals surface area contributed by atoms with E-state index in [-0.39, 0.29) is 10.5 Å². The van der Waals surface area contributed by atoms with Crippen molar-refractivity contribution in [3.05, 3.63) is 57.5 Å². The molecule has 0 spiro atoms. The number of imide groups is 1. The van der Waals surface area contributed by atoms with Crippen LogP contribution in [0.3, 0.4) is 0 Å². The van der Waals surface area contributed by atoms with Crippen molar-refractivity contribution in [3.63, 3.8) is 0 Å². The first-order valence-electron chi connectivity index (χ1n) is 11.3. The molecule has 198 valence electrons. The van der Waals surface area contributed by atoms with Gasteiger partial charge in [-0.05, 0) is 82.0 Å². The molecule has 2 aromatic rings. The van der Waals surface area contributed by atoms with Gasteiger partial charge in [-0.25, -0.2) is 0 Å². The molecule has 0 atom stereocenters. The highest BCUT2D eigenvalue weighted by Crippen LogP contribution is 2.52. The second-order valence-electron chi connectivity index (χ2n) is 10.3. The highest BCUT2D eigenvalue weighted by molar-refractivity contribution is 8.18. The minimum atomic E-state index is -5.19. The Morgan fingerprint density at radius 1 is 0.946 bits per heavy atom. The standard InChI is InChI=1S/C26H23F6NO3S/c1-23(2)8-9-24(3,4)17-12-15(25(27,28)29)14(11-16(17)23)20-13(10-19-21(34)33-22(35)37-19)6-5-7-18(20)36-26(30,31)32/h5-7,10-12H,8-9H2,1-4H3,(H,33,34,35)/b19-10-. The molecule has 11 heteroatoms. The van der Waals surface area contributed by atoms with Crippen molar-refractivity contribution in [1.29, 1.82) is 0 Å². The molecule has 2 amide bonds. The van der Waals surface area contributed by atoms with Gasteiger partial charge in [0.1, 0.15) is 5.75 Å². The van der Waals surface area contributed by atoms with Gasteiger partial charge in [0.05, 0.1) is 10.5 Å². The minimum absolute atomic E-state index is 0.132. The molecule has 1 aliphatic heterocycles. The summed E-state index contributed by atoms with van der Waals surface area (Å²) >= 11 is 0.500. The Labute approximate surface area is 213 Å². The van der Waals surface area contributed by atoms with E-state index in [4.69, 9.17) is 0 Å². The van der Waals surface area contributed by atoms with Crippen molar-refractivity contribution >= 4 is 29.0 Å². The fraction of sp³-hybridized carbons (Fsp3) is 0.385. The van der Waals surface area contributed by atoms with Crippen LogP contribution in [0.2, 0.25) is 0 Å². The first-order valence-corrected chi connectivity index (χ1v) is 12.1. The molecule has 0 aromatic heterocycles. The predicted molar refractivity (Wildman–Crippen MR) is 128 cm³/mol. The number of ether oxygens (including phenoxy) is 1. The summed E-state index contributed by atoms with van der Waals surface area (Å²) in [6.07, 6.45) is -7.71. The molecule has 0 saturated carbocycles. The smallest absolute Gasteiger partial charge is 0.405 e. The molecule has 1 saturated heterocycles. The van der Waals surface area contributed by atoms with Gasteiger partial charge in [0.25, 0.3) is 11.1 Å². The van der Waals surface area contributed by atoms with Crippen LogP contribution >= 0.6 is 11.8 Å². The Bertz CT molecular complexity index is 1320. The van der Waals surface area contributed by atoms with Crippen LogP contribution < -0.4 is 10.1 Å². The third kappa shape index (κ3) is 5.37. The van der Waals surface area contributed by atoms with E-state index >= 15 is 0 Å². The van der Waals surface area contributed by atoms with Gasteiger partial charge in [0.15, 0.2) is 0 Å². The summed E-state index contributed by atoms with van der Waals surface area (Å²) < 4.78 is 87.6. The third-order valence-corrected chi connectivity index (χ3v) is 7.59. The molecule has 37 heavy (non-hydrogen) atoms. The number of benzene rings is 2. The lowest BCUT2D eigenvalue weighted by atomic mass is 9.62. The maximum absolute atomic E-state index is 14.5. The molecule has 2 aromatic carbocycles. The second kappa shape index (κ2) is 8.82. The molecule has 1 N–H and O–H groups in total. The number of fused-ring (bicyclic) bond motifs is 1. The van der Waals surface area contributed by atoms with Crippen LogP contribution in [0.4, 0.5) is 31.1 Å². The van der Waals surface area contributed by atoms with Crippen molar-refractivity contribution in [2.45, 2.75) is 63.9 Å². The van der Waals surface area contributed by atoms with Gasteiger partial charge in [-0.2, -0.15) is 13.2 Å². The number of nitrogens with one attached hydrogen (secondary N) is 1. The normalized spacial score (nSPS) is 20.1. The number of amides is 2. The summed E-state index contributed by atoms with van der Waals surface area (Å²) in [5, 5.41) is 1.32. The lowest BCUT2D eigenvalue weighted by Gasteiger charge is -2.42. The van der Waals surface area contributed by atoms with E-state index in [2.05, 4.69) is 4.74 Å². The number of carbonyl (C=O) groups is 2. The third-order valence-electron chi connectivity index (χ3n) is 6.78. The lowest BCUT2D eigenvalue weighted by Crippen LogP contribution is -2.34. The van der Waals surface area contributed by atoms with Crippen LogP contribution in [0.1, 0.15) is 62.8 Å². The van der Waals surface area contributed by atoms with Gasteiger partial charge >= 0.3 is 12.5 Å². The van der Waals surface area contributed by atoms with Crippen molar-refractivity contribution in [2.75, 3.05) is 0 Å². The van der Waals surface area contributed by atoms with Crippen molar-refractivity contribution in [2.24, 2.45) is 0 Å². The average molecular weight is 544 g/mol. The molecule has 1 heterocycles. The van der Waals surface area contributed by atoms with Crippen LogP contribution in [0.25, 0.3) is 17.2 Å². The number of hydrogen-bond donors (Lipinski definition) is 1. The van der Waals surface area contributed by atoms with Gasteiger partial charge in [-0.15, -0.1) is 13.2 Å². The fourth-order valence-electron chi connectivity index (χ4n) is 4.78. The van der Waals surface area contributed by atoms with E-state index in [1.807, 2.05) is 33.0 Å². The fourth-order valence-corrected chi connectivity index (χ4v) is 5.46. The van der Waals surface area contributed by atoms with E-state index in [1.165, 1.54) is 18.2 Å². The topological polar surface area (TPSA) is 55.4 Å². The Kier molecular flexibility index (Phi) is 6.46. The van der Waals surface area contributed by atoms with E-state index in [0.29, 0.717) is 35.7 Å². The van der Waals surface area contributed by atoms with E-state index in [9.17, 15) is 35.9 Å². The number of hydrogen-bond acceptors (Lipinski definition) is 4. The summed E-state index contributed by atoms with van der Waals surface area (Å²) in [5.74, 6) is -1.65. The van der Waals surface area contributed by atoms with Crippen molar-refractivity contribution in [1.82, 2.24) is 5.32 Å². The number of rotatable bonds is 3. The number of alkyl halides is 6. The van der Waals surface area contributed by atoms with Crippen LogP contribution in [0.5, 0.6) is 5.75 Å². The van der Waals surface area contributed by atoms with Gasteiger partial charge < -0.3 is 4.74 Å². The SMILES string of the molecule is CC1(C)CCC(C)(C)c2cc(C(F)(F)F)c(-c3c(/C=C4\SC(=O)NC4=O)cccc3OC(F)(F)F)cc21. The van der Waals surface area contributed by atoms with Crippen molar-refractivity contribution in [3.8, 4) is 16.9 Å². The summed E-state index contributed by atoms with van der Waals surface area (Å²) in [6, 6.07) is 5.69. The average Bonchev–Trinajstić information content (AvgIpc) is 3.06. The molecule has 1 fully saturated rings. The molecule has 4 rings (SSSR count). The molecule has 1 aliphatic carbocycles. The first-order chi connectivity index (χ1) is 16.9. The summed E-state index contributed by atoms with van der Waals surface area (Å²) in [5.41, 5.74) is -2.29. The summed E-state index contributed by atoms with van der Waals surface area (Å²) in [6.45, 7) is 7.43. The van der Waals surface area contributed by atoms with E-state index in [0.717, 1.165) is 18.2 Å². The highest BCUT2D eigenvalue weighted by Gasteiger charge is 2.43. The highest BCUT2D eigenvalue weighted by atomic mass is 32.2. The maximum Gasteiger partial charge on any atom is 0.573 e. The zero-order valence-electron chi connectivity index (χ0n) is 20.3. The van der Waals surface area contributed by atoms with Gasteiger partial charge in [0.2, 0.25) is 0 Å². The molecule has 0 bridgehead atoms. The van der Waals surface area contributed by atoms with Gasteiger partial charge in [-0.1, -0.05) is 39.8 Å². The Morgan fingerprint density at radius 3 is 2.05 bits per heavy atom. The van der Waals surface area contributed by atoms with Crippen LogP contribution in [-0.2, 0) is 21.8 Å². The Hall–Kier alpha value is -2.95. The molecule has 2 aliphatic rings. The molecule has 0 unspecified atom stereocenters. The van der Waals surface area contributed by atoms with E-state index in [1.54, 1.807) is 0 Å². The number of halogens is 6. The quantitative estimate of drug-likeness (QED) is 0.315. The van der Waals surface area contributed by atoms with Crippen LogP contribution in [0, 0.1) is 0 Å². The lowest BCUT2D eigenvalue weighted by molar-refractivity contribution is -0.274. The first kappa shape index (κ1) is 27.1. The molecule has 0 radical (unpaired) electrons. The minimum Gasteiger partial charge on any atom is -0.405 e. The van der Waals surface area contributed by atoms with E-state index < -0.39 is 57.0 Å². The van der Waals surface area contributed by atoms with Gasteiger partial charge in [0, 0.05) is 5.56 Å². The molecular formula is C26H23F6NO3S. The Morgan fingerprint density at radius 2 is 1.54 bits per heavy atom. The van der Waals surface area contributed by atoms with Crippen LogP contribution in [0.15, 0.2) is 35.2 Å². The zero-order valence-corrected chi connectivity index (χ0v) is 21.1. The number of carbonyl (C=O) groups excluding carboxylic acids is 2. The second-order valence-corrected chi connectivity index (χ2v) is 11.3. The number of thioether (sulfide) groups is 1. The monoisotopic (exact) mass is 543 g/mol. The summed E-state index contributed by atoms with van der Waals surface area (Å²) in [4.78, 5) is 23.6. The summed E-state index contributed by atoms with van der Waals surface area (Å²) in [7, 11) is 0. The van der Waals surface area contributed by atoms with Crippen LogP contribution in [-0.4, -0.2) is 17.5 Å². The zero-order chi connectivity index (χ0) is 27.6. The van der Waals surface area contributed by atoms with Gasteiger partial charge in [-0.3, -0.25) is 14.9 Å². The largest absolute Gasteiger partial charge is 0.573 e. The predicted octanol–water partition coefficient (Wildman–Crippen LogP) is 7.94. The van der Waals surface area contributed by atoms with Crippen molar-refractivity contribution < 1.29 is 40.7 Å². The maximum atomic E-state index is 14.5. The Balaban J connectivity index is 2.09. The molecular weight excluding hydrogens is 520 g/mol.